The molecule has 1 heterocycles. The molecule has 0 saturated heterocycles. The minimum absolute atomic E-state index is 0.0148. The molecule has 0 aromatic heterocycles. The Kier molecular flexibility index (Phi) is 3.47. The molecule has 0 atom stereocenters. The van der Waals surface area contributed by atoms with E-state index in [9.17, 15) is 9.59 Å². The van der Waals surface area contributed by atoms with E-state index in [0.29, 0.717) is 11.6 Å². The highest BCUT2D eigenvalue weighted by atomic mass is 16.2. The van der Waals surface area contributed by atoms with Crippen LogP contribution in [0.15, 0.2) is 18.2 Å². The molecule has 4 nitrogen and oxygen atoms in total. The first kappa shape index (κ1) is 13.2. The van der Waals surface area contributed by atoms with Gasteiger partial charge < -0.3 is 10.2 Å². The summed E-state index contributed by atoms with van der Waals surface area (Å²) in [6.07, 6.45) is 5.44. The van der Waals surface area contributed by atoms with Gasteiger partial charge in [-0.3, -0.25) is 9.59 Å². The predicted molar refractivity (Wildman–Crippen MR) is 77.9 cm³/mol. The van der Waals surface area contributed by atoms with Crippen LogP contribution in [-0.2, 0) is 11.2 Å². The molecule has 1 aliphatic heterocycles. The van der Waals surface area contributed by atoms with Crippen molar-refractivity contribution in [2.24, 2.45) is 0 Å². The quantitative estimate of drug-likeness (QED) is 0.898. The largest absolute Gasteiger partial charge is 0.349 e. The fourth-order valence-corrected chi connectivity index (χ4v) is 3.21. The number of benzene rings is 1. The van der Waals surface area contributed by atoms with Crippen LogP contribution in [-0.4, -0.2) is 24.4 Å². The maximum absolute atomic E-state index is 12.2. The third-order valence-electron chi connectivity index (χ3n) is 4.31. The first-order valence-electron chi connectivity index (χ1n) is 7.37. The highest BCUT2D eigenvalue weighted by Crippen LogP contribution is 2.29. The first-order valence-corrected chi connectivity index (χ1v) is 7.37. The zero-order chi connectivity index (χ0) is 14.1. The lowest BCUT2D eigenvalue weighted by Gasteiger charge is -2.15. The molecule has 20 heavy (non-hydrogen) atoms. The molecule has 0 bridgehead atoms. The van der Waals surface area contributed by atoms with Gasteiger partial charge in [0.15, 0.2) is 0 Å². The molecule has 106 valence electrons. The van der Waals surface area contributed by atoms with E-state index in [4.69, 9.17) is 0 Å². The highest BCUT2D eigenvalue weighted by molar-refractivity contribution is 5.98. The average molecular weight is 272 g/mol. The molecule has 1 saturated carbocycles. The summed E-state index contributed by atoms with van der Waals surface area (Å²) in [6.45, 7) is 2.30. The number of rotatable bonds is 2. The smallest absolute Gasteiger partial charge is 0.251 e. The molecule has 1 aromatic rings. The van der Waals surface area contributed by atoms with Gasteiger partial charge in [-0.2, -0.15) is 0 Å². The molecule has 2 amide bonds. The summed E-state index contributed by atoms with van der Waals surface area (Å²) in [4.78, 5) is 25.5. The van der Waals surface area contributed by atoms with Gasteiger partial charge in [0.2, 0.25) is 5.91 Å². The van der Waals surface area contributed by atoms with Crippen molar-refractivity contribution in [1.82, 2.24) is 5.32 Å². The summed E-state index contributed by atoms with van der Waals surface area (Å²) in [5, 5.41) is 3.10. The molecule has 3 rings (SSSR count). The van der Waals surface area contributed by atoms with Crippen LogP contribution in [0, 0.1) is 0 Å². The summed E-state index contributed by atoms with van der Waals surface area (Å²) in [7, 11) is 0. The van der Waals surface area contributed by atoms with Crippen LogP contribution < -0.4 is 10.2 Å². The van der Waals surface area contributed by atoms with Crippen molar-refractivity contribution < 1.29 is 9.59 Å². The molecular formula is C16H20N2O2. The highest BCUT2D eigenvalue weighted by Gasteiger charge is 2.24. The topological polar surface area (TPSA) is 49.4 Å². The second-order valence-electron chi connectivity index (χ2n) is 5.72. The molecule has 1 fully saturated rings. The predicted octanol–water partition coefficient (Wildman–Crippen LogP) is 2.27. The van der Waals surface area contributed by atoms with Gasteiger partial charge in [-0.25, -0.2) is 0 Å². The van der Waals surface area contributed by atoms with Crippen molar-refractivity contribution in [3.05, 3.63) is 29.3 Å². The van der Waals surface area contributed by atoms with Gasteiger partial charge in [0.25, 0.3) is 5.91 Å². The monoisotopic (exact) mass is 272 g/mol. The third kappa shape index (κ3) is 2.42. The Labute approximate surface area is 119 Å². The van der Waals surface area contributed by atoms with Crippen molar-refractivity contribution in [2.75, 3.05) is 11.4 Å². The van der Waals surface area contributed by atoms with E-state index in [1.54, 1.807) is 11.8 Å². The Hall–Kier alpha value is -1.84. The number of carbonyl (C=O) groups is 2. The van der Waals surface area contributed by atoms with Crippen molar-refractivity contribution in [2.45, 2.75) is 45.1 Å². The number of fused-ring (bicyclic) bond motifs is 1. The van der Waals surface area contributed by atoms with Crippen LogP contribution in [0.2, 0.25) is 0 Å². The second-order valence-corrected chi connectivity index (χ2v) is 5.72. The Bertz CT molecular complexity index is 547. The van der Waals surface area contributed by atoms with E-state index < -0.39 is 0 Å². The van der Waals surface area contributed by atoms with Gasteiger partial charge in [0, 0.05) is 30.8 Å². The normalized spacial score (nSPS) is 18.1. The van der Waals surface area contributed by atoms with E-state index >= 15 is 0 Å². The molecule has 0 radical (unpaired) electrons. The van der Waals surface area contributed by atoms with E-state index in [-0.39, 0.29) is 11.8 Å². The van der Waals surface area contributed by atoms with Crippen LogP contribution in [0.1, 0.15) is 48.5 Å². The molecule has 0 unspecified atom stereocenters. The van der Waals surface area contributed by atoms with Gasteiger partial charge in [-0.05, 0) is 43.0 Å². The summed E-state index contributed by atoms with van der Waals surface area (Å²) >= 11 is 0. The third-order valence-corrected chi connectivity index (χ3v) is 4.31. The summed E-state index contributed by atoms with van der Waals surface area (Å²) in [6, 6.07) is 5.99. The van der Waals surface area contributed by atoms with E-state index in [2.05, 4.69) is 5.32 Å². The van der Waals surface area contributed by atoms with Crippen molar-refractivity contribution in [3.63, 3.8) is 0 Å². The molecular weight excluding hydrogens is 252 g/mol. The Morgan fingerprint density at radius 2 is 2.00 bits per heavy atom. The van der Waals surface area contributed by atoms with Gasteiger partial charge in [0.05, 0.1) is 0 Å². The van der Waals surface area contributed by atoms with Crippen molar-refractivity contribution in [3.8, 4) is 0 Å². The number of nitrogens with one attached hydrogen (secondary N) is 1. The number of carbonyl (C=O) groups excluding carboxylic acids is 2. The fourth-order valence-electron chi connectivity index (χ4n) is 3.21. The Balaban J connectivity index is 1.75. The van der Waals surface area contributed by atoms with Crippen LogP contribution in [0.5, 0.6) is 0 Å². The Morgan fingerprint density at radius 1 is 1.25 bits per heavy atom. The number of amides is 2. The van der Waals surface area contributed by atoms with Crippen molar-refractivity contribution >= 4 is 17.5 Å². The number of hydrogen-bond acceptors (Lipinski definition) is 2. The summed E-state index contributed by atoms with van der Waals surface area (Å²) in [5.41, 5.74) is 2.76. The number of nitrogens with zero attached hydrogens (tertiary/aromatic N) is 1. The lowest BCUT2D eigenvalue weighted by molar-refractivity contribution is -0.116. The fraction of sp³-hybridized carbons (Fsp3) is 0.500. The molecule has 4 heteroatoms. The van der Waals surface area contributed by atoms with E-state index in [1.807, 2.05) is 18.2 Å². The molecule has 1 aliphatic carbocycles. The van der Waals surface area contributed by atoms with E-state index in [0.717, 1.165) is 37.1 Å². The van der Waals surface area contributed by atoms with Crippen LogP contribution in [0.3, 0.4) is 0 Å². The summed E-state index contributed by atoms with van der Waals surface area (Å²) in [5.74, 6) is 0.0767. The summed E-state index contributed by atoms with van der Waals surface area (Å²) < 4.78 is 0. The zero-order valence-electron chi connectivity index (χ0n) is 11.8. The zero-order valence-corrected chi connectivity index (χ0v) is 11.8. The van der Waals surface area contributed by atoms with Gasteiger partial charge in [-0.1, -0.05) is 12.8 Å². The maximum Gasteiger partial charge on any atom is 0.251 e. The maximum atomic E-state index is 12.2. The van der Waals surface area contributed by atoms with Crippen LogP contribution >= 0.6 is 0 Å². The minimum atomic E-state index is 0.0148. The number of hydrogen-bond donors (Lipinski definition) is 1. The lowest BCUT2D eigenvalue weighted by atomic mass is 10.1. The molecule has 1 aromatic carbocycles. The molecule has 1 N–H and O–H groups in total. The average Bonchev–Trinajstić information content (AvgIpc) is 3.06. The van der Waals surface area contributed by atoms with Crippen LogP contribution in [0.4, 0.5) is 5.69 Å². The van der Waals surface area contributed by atoms with Gasteiger partial charge in [0.1, 0.15) is 0 Å². The SMILES string of the molecule is CC(=O)N1CCc2cc(C(=O)NC3CCCC3)ccc21. The van der Waals surface area contributed by atoms with Gasteiger partial charge >= 0.3 is 0 Å². The van der Waals surface area contributed by atoms with E-state index in [1.165, 1.54) is 12.8 Å². The van der Waals surface area contributed by atoms with Gasteiger partial charge in [-0.15, -0.1) is 0 Å². The Morgan fingerprint density at radius 3 is 2.70 bits per heavy atom. The van der Waals surface area contributed by atoms with Crippen LogP contribution in [0.25, 0.3) is 0 Å². The standard InChI is InChI=1S/C16H20N2O2/c1-11(19)18-9-8-12-10-13(6-7-15(12)18)16(20)17-14-4-2-3-5-14/h6-7,10,14H,2-5,8-9H2,1H3,(H,17,20). The second kappa shape index (κ2) is 5.27. The molecule has 2 aliphatic rings. The molecule has 0 spiro atoms. The first-order chi connectivity index (χ1) is 9.65. The lowest BCUT2D eigenvalue weighted by Crippen LogP contribution is -2.32. The minimum Gasteiger partial charge on any atom is -0.349 e. The van der Waals surface area contributed by atoms with Crippen molar-refractivity contribution in [1.29, 1.82) is 0 Å². The number of anilines is 1.